The van der Waals surface area contributed by atoms with Crippen molar-refractivity contribution in [2.45, 2.75) is 30.1 Å². The van der Waals surface area contributed by atoms with Gasteiger partial charge < -0.3 is 0 Å². The highest BCUT2D eigenvalue weighted by molar-refractivity contribution is 5.14. The lowest BCUT2D eigenvalue weighted by atomic mass is 10.2. The second-order valence-corrected chi connectivity index (χ2v) is 2.62. The average molecular weight is 214 g/mol. The van der Waals surface area contributed by atoms with Crippen LogP contribution in [-0.4, -0.2) is 30.1 Å². The molecule has 1 rings (SSSR count). The van der Waals surface area contributed by atoms with Crippen LogP contribution in [0.3, 0.4) is 0 Å². The summed E-state index contributed by atoms with van der Waals surface area (Å²) in [7, 11) is 0. The molecule has 1 aliphatic carbocycles. The van der Waals surface area contributed by atoms with Gasteiger partial charge in [-0.05, 0) is 0 Å². The summed E-state index contributed by atoms with van der Waals surface area (Å²) >= 11 is 0. The first-order valence-electron chi connectivity index (χ1n) is 2.98. The molecule has 0 amide bonds. The smallest absolute Gasteiger partial charge is 0.237 e. The van der Waals surface area contributed by atoms with Gasteiger partial charge in [0.2, 0.25) is 12.3 Å². The normalized spacial score (nSPS) is 40.6. The zero-order chi connectivity index (χ0) is 10.7. The maximum absolute atomic E-state index is 12.0. The molecular weight excluding hydrogens is 212 g/mol. The van der Waals surface area contributed by atoms with E-state index in [1.165, 1.54) is 0 Å². The van der Waals surface area contributed by atoms with Crippen molar-refractivity contribution in [2.75, 3.05) is 0 Å². The van der Waals surface area contributed by atoms with Crippen LogP contribution in [0.2, 0.25) is 0 Å². The van der Waals surface area contributed by atoms with E-state index in [1.54, 1.807) is 0 Å². The molecule has 0 aliphatic heterocycles. The van der Waals surface area contributed by atoms with Gasteiger partial charge in [0.25, 0.3) is 0 Å². The Morgan fingerprint density at radius 3 is 0.923 bits per heavy atom. The third kappa shape index (κ3) is 0.912. The maximum Gasteiger partial charge on any atom is 0.378 e. The third-order valence-corrected chi connectivity index (χ3v) is 1.79. The van der Waals surface area contributed by atoms with Gasteiger partial charge in [0.1, 0.15) is 0 Å². The standard InChI is InChI=1S/C5H2F8/c6-1-2(7)4(10,11)5(12,13)3(1,8)9/h1-2H/t1-,2-/m0/s1. The monoisotopic (exact) mass is 214 g/mol. The minimum Gasteiger partial charge on any atom is -0.237 e. The Hall–Kier alpha value is -0.560. The summed E-state index contributed by atoms with van der Waals surface area (Å²) in [5, 5.41) is 0. The summed E-state index contributed by atoms with van der Waals surface area (Å²) in [4.78, 5) is 0. The number of hydrogen-bond acceptors (Lipinski definition) is 0. The van der Waals surface area contributed by atoms with E-state index in [-0.39, 0.29) is 0 Å². The summed E-state index contributed by atoms with van der Waals surface area (Å²) in [6.45, 7) is 0. The van der Waals surface area contributed by atoms with Gasteiger partial charge in [-0.1, -0.05) is 0 Å². The topological polar surface area (TPSA) is 0 Å². The van der Waals surface area contributed by atoms with Crippen molar-refractivity contribution in [3.05, 3.63) is 0 Å². The highest BCUT2D eigenvalue weighted by Gasteiger charge is 2.86. The predicted molar refractivity (Wildman–Crippen MR) is 24.6 cm³/mol. The van der Waals surface area contributed by atoms with Crippen molar-refractivity contribution in [2.24, 2.45) is 0 Å². The molecule has 13 heavy (non-hydrogen) atoms. The predicted octanol–water partition coefficient (Wildman–Crippen LogP) is 2.58. The van der Waals surface area contributed by atoms with E-state index in [1.807, 2.05) is 0 Å². The summed E-state index contributed by atoms with van der Waals surface area (Å²) < 4.78 is 96.1. The van der Waals surface area contributed by atoms with Crippen LogP contribution in [0.25, 0.3) is 0 Å². The van der Waals surface area contributed by atoms with Crippen molar-refractivity contribution in [1.82, 2.24) is 0 Å². The fourth-order valence-electron chi connectivity index (χ4n) is 0.936. The second kappa shape index (κ2) is 2.27. The van der Waals surface area contributed by atoms with Gasteiger partial charge >= 0.3 is 17.8 Å². The van der Waals surface area contributed by atoms with Gasteiger partial charge in [0, 0.05) is 0 Å². The largest absolute Gasteiger partial charge is 0.378 e. The molecule has 1 fully saturated rings. The lowest BCUT2D eigenvalue weighted by Crippen LogP contribution is -2.49. The van der Waals surface area contributed by atoms with Crippen LogP contribution in [-0.2, 0) is 0 Å². The first-order valence-corrected chi connectivity index (χ1v) is 2.98. The number of rotatable bonds is 0. The van der Waals surface area contributed by atoms with E-state index in [4.69, 9.17) is 0 Å². The Balaban J connectivity index is 3.23. The van der Waals surface area contributed by atoms with Crippen LogP contribution < -0.4 is 0 Å². The molecule has 0 nitrogen and oxygen atoms in total. The lowest BCUT2D eigenvalue weighted by Gasteiger charge is -2.22. The zero-order valence-corrected chi connectivity index (χ0v) is 5.68. The van der Waals surface area contributed by atoms with Crippen LogP contribution in [0.5, 0.6) is 0 Å². The Morgan fingerprint density at radius 1 is 0.615 bits per heavy atom. The molecule has 2 atom stereocenters. The molecule has 0 spiro atoms. The van der Waals surface area contributed by atoms with Crippen molar-refractivity contribution >= 4 is 0 Å². The molecule has 0 aromatic heterocycles. The number of hydrogen-bond donors (Lipinski definition) is 0. The molecule has 0 heterocycles. The zero-order valence-electron chi connectivity index (χ0n) is 5.68. The molecule has 1 aliphatic rings. The highest BCUT2D eigenvalue weighted by atomic mass is 19.4. The first kappa shape index (κ1) is 10.5. The minimum atomic E-state index is -5.99. The van der Waals surface area contributed by atoms with Crippen molar-refractivity contribution in [3.63, 3.8) is 0 Å². The van der Waals surface area contributed by atoms with E-state index < -0.39 is 30.1 Å². The summed E-state index contributed by atoms with van der Waals surface area (Å²) in [5.41, 5.74) is 0. The van der Waals surface area contributed by atoms with E-state index >= 15 is 0 Å². The molecule has 0 saturated heterocycles. The Bertz CT molecular complexity index is 199. The van der Waals surface area contributed by atoms with Crippen LogP contribution in [0.15, 0.2) is 0 Å². The third-order valence-electron chi connectivity index (χ3n) is 1.79. The molecular formula is C5H2F8. The minimum absolute atomic E-state index is 4.18. The van der Waals surface area contributed by atoms with Gasteiger partial charge in [0.15, 0.2) is 0 Å². The molecule has 78 valence electrons. The molecule has 0 N–H and O–H groups in total. The van der Waals surface area contributed by atoms with E-state index in [9.17, 15) is 35.1 Å². The fraction of sp³-hybridized carbons (Fsp3) is 1.00. The number of halogens is 8. The maximum atomic E-state index is 12.0. The van der Waals surface area contributed by atoms with Crippen LogP contribution in [0.1, 0.15) is 0 Å². The molecule has 0 aromatic carbocycles. The van der Waals surface area contributed by atoms with E-state index in [0.717, 1.165) is 0 Å². The van der Waals surface area contributed by atoms with Gasteiger partial charge in [-0.3, -0.25) is 0 Å². The van der Waals surface area contributed by atoms with Crippen LogP contribution >= 0.6 is 0 Å². The van der Waals surface area contributed by atoms with Crippen molar-refractivity contribution < 1.29 is 35.1 Å². The molecule has 0 radical (unpaired) electrons. The average Bonchev–Trinajstić information content (AvgIpc) is 2.05. The highest BCUT2D eigenvalue weighted by Crippen LogP contribution is 2.58. The van der Waals surface area contributed by atoms with Gasteiger partial charge in [-0.15, -0.1) is 0 Å². The molecule has 0 unspecified atom stereocenters. The van der Waals surface area contributed by atoms with Crippen molar-refractivity contribution in [3.8, 4) is 0 Å². The fourth-order valence-corrected chi connectivity index (χ4v) is 0.936. The summed E-state index contributed by atoms with van der Waals surface area (Å²) in [6, 6.07) is 0. The van der Waals surface area contributed by atoms with Crippen LogP contribution in [0.4, 0.5) is 35.1 Å². The first-order chi connectivity index (χ1) is 5.57. The van der Waals surface area contributed by atoms with Gasteiger partial charge in [-0.25, -0.2) is 8.78 Å². The van der Waals surface area contributed by atoms with Gasteiger partial charge in [0.05, 0.1) is 0 Å². The SMILES string of the molecule is F[C@H]1[C@H](F)C(F)(F)C(F)(F)C1(F)F. The number of alkyl halides is 8. The lowest BCUT2D eigenvalue weighted by molar-refractivity contribution is -0.281. The second-order valence-electron chi connectivity index (χ2n) is 2.62. The Morgan fingerprint density at radius 2 is 0.846 bits per heavy atom. The molecule has 1 saturated carbocycles. The molecule has 0 bridgehead atoms. The Labute approximate surface area is 66.5 Å². The van der Waals surface area contributed by atoms with Gasteiger partial charge in [-0.2, -0.15) is 26.3 Å². The summed E-state index contributed by atoms with van der Waals surface area (Å²) in [5.74, 6) is -17.3. The Kier molecular flexibility index (Phi) is 1.84. The van der Waals surface area contributed by atoms with Crippen LogP contribution in [0, 0.1) is 0 Å². The van der Waals surface area contributed by atoms with E-state index in [2.05, 4.69) is 0 Å². The summed E-state index contributed by atoms with van der Waals surface area (Å²) in [6.07, 6.45) is -8.37. The molecule has 8 heteroatoms. The van der Waals surface area contributed by atoms with E-state index in [0.29, 0.717) is 0 Å². The quantitative estimate of drug-likeness (QED) is 0.543. The van der Waals surface area contributed by atoms with Crippen molar-refractivity contribution in [1.29, 1.82) is 0 Å². The molecule has 0 aromatic rings.